The molecule has 0 radical (unpaired) electrons. The second-order valence-electron chi connectivity index (χ2n) is 4.76. The molecule has 1 aromatic heterocycles. The fraction of sp³-hybridized carbons (Fsp3) is 0. The van der Waals surface area contributed by atoms with Crippen molar-refractivity contribution in [3.63, 3.8) is 0 Å². The Kier molecular flexibility index (Phi) is 4.91. The summed E-state index contributed by atoms with van der Waals surface area (Å²) in [6.45, 7) is 0. The molecule has 0 spiro atoms. The summed E-state index contributed by atoms with van der Waals surface area (Å²) < 4.78 is 39.9. The molecular weight excluding hydrogens is 378 g/mol. The van der Waals surface area contributed by atoms with Gasteiger partial charge in [0.15, 0.2) is 23.3 Å². The number of nitrogens with zero attached hydrogens (tertiary/aromatic N) is 3. The summed E-state index contributed by atoms with van der Waals surface area (Å²) >= 11 is 11.9. The largest absolute Gasteiger partial charge is 0.336 e. The maximum absolute atomic E-state index is 13.7. The molecule has 5 nitrogen and oxygen atoms in total. The average Bonchev–Trinajstić information content (AvgIpc) is 2.59. The van der Waals surface area contributed by atoms with Crippen molar-refractivity contribution < 1.29 is 13.2 Å². The van der Waals surface area contributed by atoms with E-state index in [2.05, 4.69) is 25.8 Å². The summed E-state index contributed by atoms with van der Waals surface area (Å²) in [6, 6.07) is 6.58. The minimum Gasteiger partial charge on any atom is -0.336 e. The lowest BCUT2D eigenvalue weighted by Gasteiger charge is -2.10. The molecule has 0 atom stereocenters. The Morgan fingerprint density at radius 3 is 2.48 bits per heavy atom. The molecule has 0 unspecified atom stereocenters. The van der Waals surface area contributed by atoms with Crippen molar-refractivity contribution in [3.8, 4) is 0 Å². The van der Waals surface area contributed by atoms with Gasteiger partial charge in [0.2, 0.25) is 5.95 Å². The molecule has 0 aliphatic carbocycles. The van der Waals surface area contributed by atoms with Crippen LogP contribution in [0.2, 0.25) is 10.0 Å². The monoisotopic (exact) mass is 385 g/mol. The van der Waals surface area contributed by atoms with E-state index in [1.54, 1.807) is 18.2 Å². The van der Waals surface area contributed by atoms with Crippen LogP contribution in [0, 0.1) is 17.5 Å². The van der Waals surface area contributed by atoms with Crippen LogP contribution in [0.15, 0.2) is 36.5 Å². The smallest absolute Gasteiger partial charge is 0.249 e. The van der Waals surface area contributed by atoms with Gasteiger partial charge in [0, 0.05) is 5.02 Å². The maximum atomic E-state index is 13.7. The molecule has 0 bridgehead atoms. The standard InChI is InChI=1S/C15H8Cl2F3N5/c16-7-1-2-8(17)11(5-7)23-15-24-12(6-21-25-15)22-10-4-3-9(18)13(19)14(10)20/h1-6H,(H2,22,23,24,25). The minimum atomic E-state index is -1.59. The number of halogens is 5. The first-order chi connectivity index (χ1) is 11.9. The van der Waals surface area contributed by atoms with Gasteiger partial charge in [-0.25, -0.2) is 13.2 Å². The molecule has 10 heteroatoms. The zero-order valence-corrected chi connectivity index (χ0v) is 13.7. The van der Waals surface area contributed by atoms with Crippen LogP contribution in [0.25, 0.3) is 0 Å². The Morgan fingerprint density at radius 2 is 1.68 bits per heavy atom. The Hall–Kier alpha value is -2.58. The van der Waals surface area contributed by atoms with Crippen molar-refractivity contribution >= 4 is 46.3 Å². The zero-order chi connectivity index (χ0) is 18.0. The number of rotatable bonds is 4. The minimum absolute atomic E-state index is 0.0390. The van der Waals surface area contributed by atoms with Crippen LogP contribution in [0.5, 0.6) is 0 Å². The molecule has 0 saturated carbocycles. The van der Waals surface area contributed by atoms with Gasteiger partial charge < -0.3 is 10.6 Å². The van der Waals surface area contributed by atoms with Crippen molar-refractivity contribution in [2.45, 2.75) is 0 Å². The molecule has 0 aliphatic heterocycles. The Morgan fingerprint density at radius 1 is 0.880 bits per heavy atom. The SMILES string of the molecule is Fc1ccc(Nc2cnnc(Nc3cc(Cl)ccc3Cl)n2)c(F)c1F. The van der Waals surface area contributed by atoms with Crippen LogP contribution in [0.1, 0.15) is 0 Å². The molecule has 0 fully saturated rings. The highest BCUT2D eigenvalue weighted by molar-refractivity contribution is 6.35. The van der Waals surface area contributed by atoms with E-state index < -0.39 is 17.5 Å². The van der Waals surface area contributed by atoms with E-state index in [1.165, 1.54) is 6.20 Å². The first-order valence-electron chi connectivity index (χ1n) is 6.76. The maximum Gasteiger partial charge on any atom is 0.249 e. The first kappa shape index (κ1) is 17.2. The van der Waals surface area contributed by atoms with Crippen LogP contribution in [0.4, 0.5) is 36.3 Å². The van der Waals surface area contributed by atoms with E-state index in [-0.39, 0.29) is 17.5 Å². The van der Waals surface area contributed by atoms with Gasteiger partial charge in [-0.2, -0.15) is 10.1 Å². The molecular formula is C15H8Cl2F3N5. The predicted molar refractivity (Wildman–Crippen MR) is 89.2 cm³/mol. The summed E-state index contributed by atoms with van der Waals surface area (Å²) in [5.41, 5.74) is 0.137. The lowest BCUT2D eigenvalue weighted by atomic mass is 10.3. The summed E-state index contributed by atoms with van der Waals surface area (Å²) in [5.74, 6) is -4.15. The molecule has 25 heavy (non-hydrogen) atoms. The normalized spacial score (nSPS) is 10.6. The van der Waals surface area contributed by atoms with Gasteiger partial charge >= 0.3 is 0 Å². The van der Waals surface area contributed by atoms with E-state index in [1.807, 2.05) is 0 Å². The van der Waals surface area contributed by atoms with Gasteiger partial charge in [-0.3, -0.25) is 0 Å². The molecule has 0 amide bonds. The quantitative estimate of drug-likeness (QED) is 0.612. The molecule has 2 N–H and O–H groups in total. The number of hydrogen-bond donors (Lipinski definition) is 2. The Balaban J connectivity index is 1.85. The van der Waals surface area contributed by atoms with Crippen molar-refractivity contribution in [2.75, 3.05) is 10.6 Å². The second-order valence-corrected chi connectivity index (χ2v) is 5.61. The summed E-state index contributed by atoms with van der Waals surface area (Å²) in [6.07, 6.45) is 1.19. The van der Waals surface area contributed by atoms with Crippen molar-refractivity contribution in [1.29, 1.82) is 0 Å². The topological polar surface area (TPSA) is 62.7 Å². The van der Waals surface area contributed by atoms with Crippen LogP contribution in [-0.2, 0) is 0 Å². The number of aromatic nitrogens is 3. The van der Waals surface area contributed by atoms with E-state index in [0.717, 1.165) is 12.1 Å². The Bertz CT molecular complexity index is 939. The van der Waals surface area contributed by atoms with E-state index in [0.29, 0.717) is 15.7 Å². The van der Waals surface area contributed by atoms with Crippen molar-refractivity contribution in [2.24, 2.45) is 0 Å². The number of hydrogen-bond acceptors (Lipinski definition) is 5. The summed E-state index contributed by atoms with van der Waals surface area (Å²) in [7, 11) is 0. The Labute approximate surface area is 149 Å². The molecule has 1 heterocycles. The van der Waals surface area contributed by atoms with Gasteiger partial charge in [0.05, 0.1) is 22.6 Å². The number of anilines is 4. The highest BCUT2D eigenvalue weighted by Gasteiger charge is 2.14. The van der Waals surface area contributed by atoms with E-state index >= 15 is 0 Å². The highest BCUT2D eigenvalue weighted by atomic mass is 35.5. The number of nitrogens with one attached hydrogen (secondary N) is 2. The zero-order valence-electron chi connectivity index (χ0n) is 12.2. The van der Waals surface area contributed by atoms with Gasteiger partial charge in [-0.15, -0.1) is 5.10 Å². The van der Waals surface area contributed by atoms with Crippen LogP contribution < -0.4 is 10.6 Å². The van der Waals surface area contributed by atoms with Gasteiger partial charge in [-0.1, -0.05) is 23.2 Å². The fourth-order valence-corrected chi connectivity index (χ4v) is 2.23. The van der Waals surface area contributed by atoms with Crippen LogP contribution >= 0.6 is 23.2 Å². The summed E-state index contributed by atoms with van der Waals surface area (Å²) in [4.78, 5) is 4.05. The van der Waals surface area contributed by atoms with Gasteiger partial charge in [0.1, 0.15) is 0 Å². The molecule has 3 aromatic rings. The van der Waals surface area contributed by atoms with Crippen molar-refractivity contribution in [3.05, 3.63) is 64.0 Å². The van der Waals surface area contributed by atoms with Crippen LogP contribution in [-0.4, -0.2) is 15.2 Å². The van der Waals surface area contributed by atoms with Crippen molar-refractivity contribution in [1.82, 2.24) is 15.2 Å². The number of benzene rings is 2. The third-order valence-corrected chi connectivity index (χ3v) is 3.60. The third-order valence-electron chi connectivity index (χ3n) is 3.03. The average molecular weight is 386 g/mol. The van der Waals surface area contributed by atoms with E-state index in [4.69, 9.17) is 23.2 Å². The molecule has 0 aliphatic rings. The fourth-order valence-electron chi connectivity index (χ4n) is 1.89. The van der Waals surface area contributed by atoms with E-state index in [9.17, 15) is 13.2 Å². The van der Waals surface area contributed by atoms with Gasteiger partial charge in [0.25, 0.3) is 0 Å². The third kappa shape index (κ3) is 3.92. The predicted octanol–water partition coefficient (Wildman–Crippen LogP) is 5.08. The molecule has 2 aromatic carbocycles. The molecule has 128 valence electrons. The molecule has 3 rings (SSSR count). The van der Waals surface area contributed by atoms with Gasteiger partial charge in [-0.05, 0) is 30.3 Å². The summed E-state index contributed by atoms with van der Waals surface area (Å²) in [5, 5.41) is 13.6. The highest BCUT2D eigenvalue weighted by Crippen LogP contribution is 2.28. The molecule has 0 saturated heterocycles. The lowest BCUT2D eigenvalue weighted by molar-refractivity contribution is 0.449. The first-order valence-corrected chi connectivity index (χ1v) is 7.52. The lowest BCUT2D eigenvalue weighted by Crippen LogP contribution is -2.04. The second kappa shape index (κ2) is 7.12. The van der Waals surface area contributed by atoms with Crippen LogP contribution in [0.3, 0.4) is 0 Å².